The Morgan fingerprint density at radius 3 is 2.83 bits per heavy atom. The second kappa shape index (κ2) is 7.25. The van der Waals surface area contributed by atoms with Crippen LogP contribution in [0.15, 0.2) is 6.20 Å². The summed E-state index contributed by atoms with van der Waals surface area (Å²) in [7, 11) is 0. The molecule has 23 heavy (non-hydrogen) atoms. The highest BCUT2D eigenvalue weighted by Gasteiger charge is 2.27. The van der Waals surface area contributed by atoms with Gasteiger partial charge >= 0.3 is 0 Å². The molecular weight excluding hydrogens is 332 g/mol. The number of hydrogen-bond acceptors (Lipinski definition) is 6. The van der Waals surface area contributed by atoms with Crippen molar-refractivity contribution in [3.63, 3.8) is 0 Å². The molecule has 1 fully saturated rings. The van der Waals surface area contributed by atoms with Crippen molar-refractivity contribution in [1.29, 1.82) is 0 Å². The van der Waals surface area contributed by atoms with Crippen molar-refractivity contribution in [1.82, 2.24) is 30.0 Å². The number of fused-ring (bicyclic) bond motifs is 1. The quantitative estimate of drug-likeness (QED) is 0.912. The third-order valence-electron chi connectivity index (χ3n) is 4.65. The molecule has 0 radical (unpaired) electrons. The summed E-state index contributed by atoms with van der Waals surface area (Å²) in [5, 5.41) is 13.3. The molecule has 0 bridgehead atoms. The fraction of sp³-hybridized carbons (Fsp3) is 0.667. The maximum absolute atomic E-state index is 4.48. The van der Waals surface area contributed by atoms with Crippen LogP contribution in [0.2, 0.25) is 0 Å². The van der Waals surface area contributed by atoms with Gasteiger partial charge in [-0.15, -0.1) is 33.9 Å². The number of nitrogens with one attached hydrogen (secondary N) is 1. The van der Waals surface area contributed by atoms with E-state index in [2.05, 4.69) is 36.9 Å². The van der Waals surface area contributed by atoms with Crippen LogP contribution in [0.25, 0.3) is 0 Å². The predicted octanol–water partition coefficient (Wildman–Crippen LogP) is 1.95. The second-order valence-electron chi connectivity index (χ2n) is 6.20. The zero-order valence-electron chi connectivity index (χ0n) is 13.4. The summed E-state index contributed by atoms with van der Waals surface area (Å²) in [6.45, 7) is 8.30. The van der Waals surface area contributed by atoms with E-state index in [1.165, 1.54) is 23.5 Å². The van der Waals surface area contributed by atoms with Crippen LogP contribution in [0.4, 0.5) is 0 Å². The van der Waals surface area contributed by atoms with Gasteiger partial charge in [0, 0.05) is 36.6 Å². The van der Waals surface area contributed by atoms with Crippen molar-refractivity contribution < 1.29 is 0 Å². The zero-order chi connectivity index (χ0) is 14.9. The number of halogens is 1. The van der Waals surface area contributed by atoms with Crippen molar-refractivity contribution in [3.05, 3.63) is 27.7 Å². The van der Waals surface area contributed by atoms with E-state index in [4.69, 9.17) is 0 Å². The molecular formula is C15H23ClN6S. The highest BCUT2D eigenvalue weighted by Crippen LogP contribution is 2.29. The fourth-order valence-corrected chi connectivity index (χ4v) is 4.30. The lowest BCUT2D eigenvalue weighted by Gasteiger charge is -2.31. The van der Waals surface area contributed by atoms with Crippen molar-refractivity contribution in [2.24, 2.45) is 0 Å². The van der Waals surface area contributed by atoms with Crippen molar-refractivity contribution in [2.75, 3.05) is 19.6 Å². The Morgan fingerprint density at radius 1 is 1.26 bits per heavy atom. The molecule has 6 nitrogen and oxygen atoms in total. The van der Waals surface area contributed by atoms with Crippen LogP contribution in [0.1, 0.15) is 40.3 Å². The van der Waals surface area contributed by atoms with E-state index in [-0.39, 0.29) is 12.4 Å². The van der Waals surface area contributed by atoms with E-state index in [1.807, 2.05) is 17.5 Å². The zero-order valence-corrected chi connectivity index (χ0v) is 15.0. The van der Waals surface area contributed by atoms with Gasteiger partial charge in [0.25, 0.3) is 0 Å². The smallest absolute Gasteiger partial charge is 0.147 e. The molecule has 0 aliphatic carbocycles. The summed E-state index contributed by atoms with van der Waals surface area (Å²) in [6.07, 6.45) is 4.39. The Morgan fingerprint density at radius 2 is 2.09 bits per heavy atom. The first-order valence-electron chi connectivity index (χ1n) is 8.06. The molecule has 2 aliphatic heterocycles. The molecule has 2 aromatic heterocycles. The summed E-state index contributed by atoms with van der Waals surface area (Å²) in [4.78, 5) is 8.27. The monoisotopic (exact) mass is 354 g/mol. The second-order valence-corrected chi connectivity index (χ2v) is 7.52. The minimum Gasteiger partial charge on any atom is -0.312 e. The Labute approximate surface area is 146 Å². The molecule has 2 aliphatic rings. The lowest BCUT2D eigenvalue weighted by molar-refractivity contribution is 0.201. The normalized spacial score (nSPS) is 19.3. The lowest BCUT2D eigenvalue weighted by atomic mass is 9.95. The largest absolute Gasteiger partial charge is 0.312 e. The average molecular weight is 355 g/mol. The van der Waals surface area contributed by atoms with Crippen molar-refractivity contribution in [3.8, 4) is 0 Å². The first-order chi connectivity index (χ1) is 10.8. The van der Waals surface area contributed by atoms with Gasteiger partial charge in [-0.3, -0.25) is 4.90 Å². The van der Waals surface area contributed by atoms with Crippen LogP contribution in [0, 0.1) is 6.92 Å². The van der Waals surface area contributed by atoms with Gasteiger partial charge in [0.15, 0.2) is 0 Å². The van der Waals surface area contributed by atoms with Gasteiger partial charge in [0.2, 0.25) is 0 Å². The van der Waals surface area contributed by atoms with E-state index in [9.17, 15) is 0 Å². The minimum absolute atomic E-state index is 0. The summed E-state index contributed by atoms with van der Waals surface area (Å²) >= 11 is 1.81. The Kier molecular flexibility index (Phi) is 5.31. The SMILES string of the molecule is Cc1ncc(CN2CCC(c3nnc4n3CCNC4)CC2)s1.Cl. The molecule has 1 saturated heterocycles. The topological polar surface area (TPSA) is 58.9 Å². The Hall–Kier alpha value is -1.02. The van der Waals surface area contributed by atoms with Crippen LogP contribution in [-0.2, 0) is 19.6 Å². The number of piperidine rings is 1. The van der Waals surface area contributed by atoms with E-state index in [0.717, 1.165) is 50.1 Å². The standard InChI is InChI=1S/C15H22N6S.ClH/c1-11-17-8-13(22-11)10-20-5-2-12(3-6-20)15-19-18-14-9-16-4-7-21(14)15;/h8,12,16H,2-7,9-10H2,1H3;1H. The van der Waals surface area contributed by atoms with Crippen LogP contribution < -0.4 is 5.32 Å². The number of aryl methyl sites for hydroxylation is 1. The summed E-state index contributed by atoms with van der Waals surface area (Å²) in [5.74, 6) is 2.88. The van der Waals surface area contributed by atoms with Gasteiger partial charge in [0.1, 0.15) is 11.6 Å². The third kappa shape index (κ3) is 3.57. The predicted molar refractivity (Wildman–Crippen MR) is 93.1 cm³/mol. The Bertz CT molecular complexity index is 646. The van der Waals surface area contributed by atoms with E-state index < -0.39 is 0 Å². The van der Waals surface area contributed by atoms with Crippen LogP contribution in [0.5, 0.6) is 0 Å². The number of aromatic nitrogens is 4. The highest BCUT2D eigenvalue weighted by molar-refractivity contribution is 7.11. The highest BCUT2D eigenvalue weighted by atomic mass is 35.5. The number of rotatable bonds is 3. The number of hydrogen-bond donors (Lipinski definition) is 1. The molecule has 0 saturated carbocycles. The van der Waals surface area contributed by atoms with E-state index in [0.29, 0.717) is 5.92 Å². The van der Waals surface area contributed by atoms with Crippen LogP contribution >= 0.6 is 23.7 Å². The summed E-state index contributed by atoms with van der Waals surface area (Å²) in [5.41, 5.74) is 0. The maximum atomic E-state index is 4.48. The molecule has 1 N–H and O–H groups in total. The number of thiazole rings is 1. The molecule has 2 aromatic rings. The van der Waals surface area contributed by atoms with Gasteiger partial charge in [-0.2, -0.15) is 0 Å². The van der Waals surface area contributed by atoms with Gasteiger partial charge in [-0.25, -0.2) is 4.98 Å². The third-order valence-corrected chi connectivity index (χ3v) is 5.55. The molecule has 0 amide bonds. The molecule has 8 heteroatoms. The first-order valence-corrected chi connectivity index (χ1v) is 8.87. The molecule has 0 atom stereocenters. The lowest BCUT2D eigenvalue weighted by Crippen LogP contribution is -2.34. The number of likely N-dealkylation sites (tertiary alicyclic amines) is 1. The molecule has 4 rings (SSSR count). The van der Waals surface area contributed by atoms with Gasteiger partial charge in [0.05, 0.1) is 11.6 Å². The van der Waals surface area contributed by atoms with Gasteiger partial charge in [-0.05, 0) is 32.9 Å². The van der Waals surface area contributed by atoms with Crippen molar-refractivity contribution >= 4 is 23.7 Å². The van der Waals surface area contributed by atoms with Gasteiger partial charge < -0.3 is 9.88 Å². The van der Waals surface area contributed by atoms with E-state index in [1.54, 1.807) is 0 Å². The number of nitrogens with zero attached hydrogens (tertiary/aromatic N) is 5. The Balaban J connectivity index is 0.00000156. The maximum Gasteiger partial charge on any atom is 0.147 e. The fourth-order valence-electron chi connectivity index (χ4n) is 3.46. The van der Waals surface area contributed by atoms with Gasteiger partial charge in [-0.1, -0.05) is 0 Å². The molecule has 126 valence electrons. The minimum atomic E-state index is 0. The summed E-state index contributed by atoms with van der Waals surface area (Å²) in [6, 6.07) is 0. The first kappa shape index (κ1) is 16.8. The van der Waals surface area contributed by atoms with E-state index >= 15 is 0 Å². The van der Waals surface area contributed by atoms with Crippen molar-refractivity contribution in [2.45, 2.75) is 45.3 Å². The average Bonchev–Trinajstić information content (AvgIpc) is 3.14. The van der Waals surface area contributed by atoms with Crippen LogP contribution in [0.3, 0.4) is 0 Å². The molecule has 0 spiro atoms. The molecule has 0 unspecified atom stereocenters. The molecule has 0 aromatic carbocycles. The molecule has 4 heterocycles. The van der Waals surface area contributed by atoms with Crippen LogP contribution in [-0.4, -0.2) is 44.3 Å². The summed E-state index contributed by atoms with van der Waals surface area (Å²) < 4.78 is 2.34.